The monoisotopic (exact) mass is 282 g/mol. The van der Waals surface area contributed by atoms with Crippen LogP contribution in [0.1, 0.15) is 11.1 Å². The summed E-state index contributed by atoms with van der Waals surface area (Å²) in [6.45, 7) is 2.52. The molecular weight excluding hydrogens is 267 g/mol. The lowest BCUT2D eigenvalue weighted by Gasteiger charge is -2.13. The van der Waals surface area contributed by atoms with E-state index in [0.717, 1.165) is 22.5 Å². The molecule has 0 unspecified atom stereocenters. The number of anilines is 1. The zero-order chi connectivity index (χ0) is 14.7. The van der Waals surface area contributed by atoms with Gasteiger partial charge in [0.15, 0.2) is 0 Å². The second-order valence-electron chi connectivity index (χ2n) is 4.79. The zero-order valence-corrected chi connectivity index (χ0v) is 11.6. The van der Waals surface area contributed by atoms with Crippen molar-refractivity contribution in [2.75, 3.05) is 5.32 Å². The van der Waals surface area contributed by atoms with Crippen LogP contribution in [0.3, 0.4) is 0 Å². The summed E-state index contributed by atoms with van der Waals surface area (Å²) in [7, 11) is 0. The summed E-state index contributed by atoms with van der Waals surface area (Å²) in [5, 5.41) is 11.2. The highest BCUT2D eigenvalue weighted by Gasteiger charge is 2.06. The van der Waals surface area contributed by atoms with Crippen LogP contribution in [0.4, 0.5) is 10.1 Å². The Morgan fingerprint density at radius 2 is 2.05 bits per heavy atom. The molecule has 3 rings (SSSR count). The first-order valence-electron chi connectivity index (χ1n) is 6.68. The molecule has 0 spiro atoms. The Bertz CT molecular complexity index is 738. The number of nitrogens with zero attached hydrogens (tertiary/aromatic N) is 3. The van der Waals surface area contributed by atoms with E-state index in [2.05, 4.69) is 15.6 Å². The standard InChI is InChI=1S/C16H15FN4/c1-12-6-7-14(17)10-13(12)11-18-15-4-2-3-5-16(15)21-9-8-19-20-21/h2-10,18H,11H2,1H3. The smallest absolute Gasteiger partial charge is 0.123 e. The molecule has 3 aromatic rings. The van der Waals surface area contributed by atoms with Crippen LogP contribution >= 0.6 is 0 Å². The van der Waals surface area contributed by atoms with Crippen molar-refractivity contribution in [3.8, 4) is 5.69 Å². The maximum Gasteiger partial charge on any atom is 0.123 e. The quantitative estimate of drug-likeness (QED) is 0.798. The molecule has 0 aliphatic carbocycles. The number of aryl methyl sites for hydroxylation is 1. The molecule has 0 radical (unpaired) electrons. The number of aromatic nitrogens is 3. The fourth-order valence-electron chi connectivity index (χ4n) is 2.18. The molecule has 1 aromatic heterocycles. The third kappa shape index (κ3) is 2.91. The molecule has 0 fully saturated rings. The SMILES string of the molecule is Cc1ccc(F)cc1CNc1ccccc1-n1ccnn1. The average molecular weight is 282 g/mol. The van der Waals surface area contributed by atoms with Crippen LogP contribution in [-0.4, -0.2) is 15.0 Å². The van der Waals surface area contributed by atoms with Crippen LogP contribution in [0.2, 0.25) is 0 Å². The largest absolute Gasteiger partial charge is 0.379 e. The van der Waals surface area contributed by atoms with Crippen LogP contribution < -0.4 is 5.32 Å². The minimum absolute atomic E-state index is 0.220. The third-order valence-electron chi connectivity index (χ3n) is 3.35. The highest BCUT2D eigenvalue weighted by Crippen LogP contribution is 2.20. The fraction of sp³-hybridized carbons (Fsp3) is 0.125. The van der Waals surface area contributed by atoms with E-state index < -0.39 is 0 Å². The molecule has 0 aliphatic rings. The molecule has 0 aliphatic heterocycles. The summed E-state index contributed by atoms with van der Waals surface area (Å²) >= 11 is 0. The molecule has 0 saturated heterocycles. The summed E-state index contributed by atoms with van der Waals surface area (Å²) < 4.78 is 15.0. The van der Waals surface area contributed by atoms with E-state index in [1.54, 1.807) is 29.2 Å². The summed E-state index contributed by atoms with van der Waals surface area (Å²) in [4.78, 5) is 0. The van der Waals surface area contributed by atoms with Crippen molar-refractivity contribution in [1.29, 1.82) is 0 Å². The molecule has 5 heteroatoms. The molecular formula is C16H15FN4. The number of nitrogens with one attached hydrogen (secondary N) is 1. The molecule has 21 heavy (non-hydrogen) atoms. The second-order valence-corrected chi connectivity index (χ2v) is 4.79. The predicted octanol–water partition coefficient (Wildman–Crippen LogP) is 3.33. The number of halogens is 1. The van der Waals surface area contributed by atoms with Gasteiger partial charge in [0, 0.05) is 6.54 Å². The zero-order valence-electron chi connectivity index (χ0n) is 11.6. The van der Waals surface area contributed by atoms with Gasteiger partial charge in [0.25, 0.3) is 0 Å². The number of benzene rings is 2. The van der Waals surface area contributed by atoms with Gasteiger partial charge in [-0.05, 0) is 42.3 Å². The number of hydrogen-bond acceptors (Lipinski definition) is 3. The van der Waals surface area contributed by atoms with Gasteiger partial charge >= 0.3 is 0 Å². The Balaban J connectivity index is 1.84. The Morgan fingerprint density at radius 1 is 1.19 bits per heavy atom. The molecule has 0 saturated carbocycles. The van der Waals surface area contributed by atoms with E-state index >= 15 is 0 Å². The van der Waals surface area contributed by atoms with E-state index in [1.807, 2.05) is 31.2 Å². The van der Waals surface area contributed by atoms with Gasteiger partial charge < -0.3 is 5.32 Å². The van der Waals surface area contributed by atoms with Gasteiger partial charge in [-0.2, -0.15) is 0 Å². The summed E-state index contributed by atoms with van der Waals surface area (Å²) in [5.41, 5.74) is 3.82. The number of hydrogen-bond donors (Lipinski definition) is 1. The molecule has 106 valence electrons. The molecule has 2 aromatic carbocycles. The summed E-state index contributed by atoms with van der Waals surface area (Å²) in [6, 6.07) is 12.6. The highest BCUT2D eigenvalue weighted by atomic mass is 19.1. The summed E-state index contributed by atoms with van der Waals surface area (Å²) in [6.07, 6.45) is 3.42. The first kappa shape index (κ1) is 13.3. The van der Waals surface area contributed by atoms with Crippen molar-refractivity contribution in [3.05, 3.63) is 71.8 Å². The van der Waals surface area contributed by atoms with Crippen LogP contribution in [0.5, 0.6) is 0 Å². The van der Waals surface area contributed by atoms with Gasteiger partial charge in [-0.1, -0.05) is 23.4 Å². The maximum absolute atomic E-state index is 13.3. The molecule has 0 bridgehead atoms. The predicted molar refractivity (Wildman–Crippen MR) is 79.8 cm³/mol. The molecule has 1 heterocycles. The third-order valence-corrected chi connectivity index (χ3v) is 3.35. The first-order valence-corrected chi connectivity index (χ1v) is 6.68. The van der Waals surface area contributed by atoms with Crippen LogP contribution in [0, 0.1) is 12.7 Å². The topological polar surface area (TPSA) is 42.7 Å². The average Bonchev–Trinajstić information content (AvgIpc) is 3.03. The van der Waals surface area contributed by atoms with Gasteiger partial charge in [0.2, 0.25) is 0 Å². The van der Waals surface area contributed by atoms with Crippen molar-refractivity contribution < 1.29 is 4.39 Å². The van der Waals surface area contributed by atoms with Crippen LogP contribution in [0.15, 0.2) is 54.9 Å². The normalized spacial score (nSPS) is 10.6. The lowest BCUT2D eigenvalue weighted by molar-refractivity contribution is 0.625. The van der Waals surface area contributed by atoms with Crippen LogP contribution in [-0.2, 0) is 6.54 Å². The minimum Gasteiger partial charge on any atom is -0.379 e. The Labute approximate surface area is 122 Å². The van der Waals surface area contributed by atoms with Crippen LogP contribution in [0.25, 0.3) is 5.69 Å². The Hall–Kier alpha value is -2.69. The van der Waals surface area contributed by atoms with E-state index in [9.17, 15) is 4.39 Å². The number of rotatable bonds is 4. The fourth-order valence-corrected chi connectivity index (χ4v) is 2.18. The maximum atomic E-state index is 13.3. The van der Waals surface area contributed by atoms with E-state index in [0.29, 0.717) is 6.54 Å². The lowest BCUT2D eigenvalue weighted by atomic mass is 10.1. The van der Waals surface area contributed by atoms with Gasteiger partial charge in [-0.15, -0.1) is 5.10 Å². The molecule has 4 nitrogen and oxygen atoms in total. The first-order chi connectivity index (χ1) is 10.2. The lowest BCUT2D eigenvalue weighted by Crippen LogP contribution is -2.06. The van der Waals surface area contributed by atoms with E-state index in [4.69, 9.17) is 0 Å². The van der Waals surface area contributed by atoms with Crippen molar-refractivity contribution in [3.63, 3.8) is 0 Å². The van der Waals surface area contributed by atoms with Gasteiger partial charge in [-0.25, -0.2) is 9.07 Å². The summed E-state index contributed by atoms with van der Waals surface area (Å²) in [5.74, 6) is -0.220. The number of para-hydroxylation sites is 2. The Kier molecular flexibility index (Phi) is 3.64. The van der Waals surface area contributed by atoms with Crippen molar-refractivity contribution in [1.82, 2.24) is 15.0 Å². The van der Waals surface area contributed by atoms with Crippen molar-refractivity contribution in [2.45, 2.75) is 13.5 Å². The minimum atomic E-state index is -0.220. The van der Waals surface area contributed by atoms with E-state index in [-0.39, 0.29) is 5.82 Å². The van der Waals surface area contributed by atoms with Gasteiger partial charge in [-0.3, -0.25) is 0 Å². The highest BCUT2D eigenvalue weighted by molar-refractivity contribution is 5.60. The molecule has 1 N–H and O–H groups in total. The van der Waals surface area contributed by atoms with Gasteiger partial charge in [0.1, 0.15) is 5.82 Å². The Morgan fingerprint density at radius 3 is 2.86 bits per heavy atom. The van der Waals surface area contributed by atoms with E-state index in [1.165, 1.54) is 6.07 Å². The second kappa shape index (κ2) is 5.75. The van der Waals surface area contributed by atoms with Crippen molar-refractivity contribution in [2.24, 2.45) is 0 Å². The van der Waals surface area contributed by atoms with Crippen molar-refractivity contribution >= 4 is 5.69 Å². The molecule has 0 amide bonds. The molecule has 0 atom stereocenters. The van der Waals surface area contributed by atoms with Gasteiger partial charge in [0.05, 0.1) is 23.8 Å².